The van der Waals surface area contributed by atoms with Crippen LogP contribution in [0.3, 0.4) is 0 Å². The number of aromatic amines is 1. The molecule has 1 aromatic carbocycles. The molecule has 2 N–H and O–H groups in total. The van der Waals surface area contributed by atoms with E-state index >= 15 is 0 Å². The average molecular weight is 546 g/mol. The first-order valence-corrected chi connectivity index (χ1v) is 14.3. The lowest BCUT2D eigenvalue weighted by molar-refractivity contribution is 0.241. The number of imidazole rings is 1. The van der Waals surface area contributed by atoms with Crippen LogP contribution in [0.4, 0.5) is 0 Å². The van der Waals surface area contributed by atoms with Crippen LogP contribution in [0.25, 0.3) is 44.7 Å². The summed E-state index contributed by atoms with van der Waals surface area (Å²) < 4.78 is 6.19. The monoisotopic (exact) mass is 545 g/mol. The Morgan fingerprint density at radius 3 is 2.61 bits per heavy atom. The smallest absolute Gasteiger partial charge is 0.124 e. The van der Waals surface area contributed by atoms with Gasteiger partial charge in [-0.1, -0.05) is 38.1 Å². The summed E-state index contributed by atoms with van der Waals surface area (Å²) in [5, 5.41) is 4.55. The molecule has 210 valence electrons. The van der Waals surface area contributed by atoms with Crippen LogP contribution < -0.4 is 5.32 Å². The van der Waals surface area contributed by atoms with Gasteiger partial charge in [-0.3, -0.25) is 9.97 Å². The van der Waals surface area contributed by atoms with Crippen LogP contribution in [-0.4, -0.2) is 39.1 Å². The van der Waals surface area contributed by atoms with E-state index < -0.39 is 0 Å². The summed E-state index contributed by atoms with van der Waals surface area (Å²) >= 11 is 0. The van der Waals surface area contributed by atoms with Crippen LogP contribution in [0.2, 0.25) is 0 Å². The zero-order valence-corrected chi connectivity index (χ0v) is 24.2. The van der Waals surface area contributed by atoms with Gasteiger partial charge in [-0.25, -0.2) is 4.98 Å². The molecule has 0 amide bonds. The Labute approximate surface area is 243 Å². The molecule has 1 saturated heterocycles. The minimum atomic E-state index is 0.432. The van der Waals surface area contributed by atoms with Crippen LogP contribution in [0.5, 0.6) is 0 Å². The fourth-order valence-corrected chi connectivity index (χ4v) is 4.91. The molecule has 3 aromatic heterocycles. The number of ether oxygens (including phenoxy) is 1. The van der Waals surface area contributed by atoms with E-state index in [0.717, 1.165) is 75.4 Å². The van der Waals surface area contributed by atoms with Crippen molar-refractivity contribution in [2.24, 2.45) is 0 Å². The van der Waals surface area contributed by atoms with E-state index in [1.807, 2.05) is 18.5 Å². The van der Waals surface area contributed by atoms with Gasteiger partial charge in [-0.15, -0.1) is 12.8 Å². The number of aromatic nitrogens is 4. The Kier molecular flexibility index (Phi) is 10.6. The first kappa shape index (κ1) is 29.5. The van der Waals surface area contributed by atoms with E-state index in [-0.39, 0.29) is 0 Å². The van der Waals surface area contributed by atoms with Gasteiger partial charge in [-0.05, 0) is 81.1 Å². The van der Waals surface area contributed by atoms with E-state index in [2.05, 4.69) is 104 Å². The molecule has 0 aliphatic carbocycles. The molecule has 6 nitrogen and oxygen atoms in total. The lowest BCUT2D eigenvalue weighted by atomic mass is 10.0. The number of fused-ring (bicyclic) bond motifs is 1. The molecule has 4 aromatic rings. The number of nitrogens with one attached hydrogen (secondary N) is 2. The maximum Gasteiger partial charge on any atom is 0.124 e. The molecular weight excluding hydrogens is 506 g/mol. The van der Waals surface area contributed by atoms with Crippen molar-refractivity contribution in [1.82, 2.24) is 25.3 Å². The second-order valence-electron chi connectivity index (χ2n) is 9.96. The lowest BCUT2D eigenvalue weighted by Gasteiger charge is -2.15. The number of pyridine rings is 2. The van der Waals surface area contributed by atoms with Crippen molar-refractivity contribution < 1.29 is 4.74 Å². The fourth-order valence-electron chi connectivity index (χ4n) is 4.91. The van der Waals surface area contributed by atoms with Gasteiger partial charge in [0.1, 0.15) is 12.4 Å². The van der Waals surface area contributed by atoms with Crippen LogP contribution >= 0.6 is 0 Å². The van der Waals surface area contributed by atoms with Crippen molar-refractivity contribution in [3.05, 3.63) is 90.7 Å². The van der Waals surface area contributed by atoms with E-state index in [1.165, 1.54) is 12.8 Å². The second kappa shape index (κ2) is 14.8. The zero-order chi connectivity index (χ0) is 29.0. The number of terminal acetylenes is 1. The first-order valence-electron chi connectivity index (χ1n) is 14.3. The Hall–Kier alpha value is -4.47. The second-order valence-corrected chi connectivity index (χ2v) is 9.96. The summed E-state index contributed by atoms with van der Waals surface area (Å²) in [6.07, 6.45) is 26.3. The van der Waals surface area contributed by atoms with E-state index in [0.29, 0.717) is 12.6 Å². The van der Waals surface area contributed by atoms with Crippen molar-refractivity contribution in [3.63, 3.8) is 0 Å². The number of rotatable bonds is 10. The first-order chi connectivity index (χ1) is 20.2. The summed E-state index contributed by atoms with van der Waals surface area (Å²) in [6.45, 7) is 8.11. The van der Waals surface area contributed by atoms with Crippen molar-refractivity contribution in [2.75, 3.05) is 13.2 Å². The standard InChI is InChI=1S/C33H37N5O.C2H2/c1-4-6-7-10-23(3)32-33(38-22-37-32)24-12-14-29-26(17-24)18-27(20-36-29)30-15-13-25(19-35-30)31(9-5-2)39-21-28-11-8-16-34-28;1-2/h6-7,9-10,12-15,17-20,22,28,34H,4-5,8,11,16,21H2,1-3H3,(H,37,38);1-2H/b7-6-,23-10+,31-9-;/t28-;/m1./s1. The van der Waals surface area contributed by atoms with Gasteiger partial charge < -0.3 is 15.0 Å². The molecule has 1 aliphatic heterocycles. The molecule has 4 heterocycles. The molecule has 6 heteroatoms. The van der Waals surface area contributed by atoms with Crippen LogP contribution in [0, 0.1) is 12.8 Å². The molecule has 0 saturated carbocycles. The number of hydrogen-bond acceptors (Lipinski definition) is 5. The van der Waals surface area contributed by atoms with Crippen LogP contribution in [-0.2, 0) is 4.74 Å². The van der Waals surface area contributed by atoms with Crippen molar-refractivity contribution >= 4 is 22.2 Å². The maximum atomic E-state index is 6.19. The van der Waals surface area contributed by atoms with Gasteiger partial charge in [0.05, 0.1) is 28.9 Å². The normalized spacial score (nSPS) is 15.7. The van der Waals surface area contributed by atoms with Gasteiger partial charge >= 0.3 is 0 Å². The number of H-pyrrole nitrogens is 1. The summed E-state index contributed by atoms with van der Waals surface area (Å²) in [7, 11) is 0. The van der Waals surface area contributed by atoms with Crippen LogP contribution in [0.15, 0.2) is 79.4 Å². The third-order valence-electron chi connectivity index (χ3n) is 7.04. The molecule has 0 unspecified atom stereocenters. The lowest BCUT2D eigenvalue weighted by Crippen LogP contribution is -2.26. The Balaban J connectivity index is 0.00000189. The molecule has 0 bridgehead atoms. The molecule has 0 radical (unpaired) electrons. The highest BCUT2D eigenvalue weighted by Gasteiger charge is 2.16. The number of hydrogen-bond donors (Lipinski definition) is 2. The van der Waals surface area contributed by atoms with Gasteiger partial charge in [0, 0.05) is 40.5 Å². The molecule has 1 atom stereocenters. The fraction of sp³-hybridized carbons (Fsp3) is 0.286. The molecular formula is C35H39N5O. The number of benzene rings is 1. The molecule has 1 fully saturated rings. The molecule has 1 aliphatic rings. The third kappa shape index (κ3) is 7.39. The van der Waals surface area contributed by atoms with E-state index in [1.54, 1.807) is 6.33 Å². The zero-order valence-electron chi connectivity index (χ0n) is 24.2. The summed E-state index contributed by atoms with van der Waals surface area (Å²) in [4.78, 5) is 17.4. The van der Waals surface area contributed by atoms with Crippen LogP contribution in [0.1, 0.15) is 57.7 Å². The summed E-state index contributed by atoms with van der Waals surface area (Å²) in [5.41, 5.74) is 7.97. The van der Waals surface area contributed by atoms with Crippen molar-refractivity contribution in [3.8, 4) is 35.4 Å². The number of nitrogens with zero attached hydrogens (tertiary/aromatic N) is 3. The maximum absolute atomic E-state index is 6.19. The highest BCUT2D eigenvalue weighted by atomic mass is 16.5. The minimum Gasteiger partial charge on any atom is -0.492 e. The number of allylic oxidation sites excluding steroid dienone is 5. The Bertz CT molecular complexity index is 1540. The SMILES string of the molecule is C#C.CC/C=C\C=C(/C)c1nc[nH]c1-c1ccc2ncc(-c3ccc(/C(=C/CC)OC[C@H]4CCCN4)cn3)cc2c1. The van der Waals surface area contributed by atoms with Gasteiger partial charge in [0.25, 0.3) is 0 Å². The third-order valence-corrected chi connectivity index (χ3v) is 7.04. The topological polar surface area (TPSA) is 75.7 Å². The molecule has 0 spiro atoms. The highest BCUT2D eigenvalue weighted by Crippen LogP contribution is 2.30. The average Bonchev–Trinajstić information content (AvgIpc) is 3.73. The van der Waals surface area contributed by atoms with E-state index in [4.69, 9.17) is 14.7 Å². The summed E-state index contributed by atoms with van der Waals surface area (Å²) in [6, 6.07) is 13.0. The Morgan fingerprint density at radius 2 is 1.88 bits per heavy atom. The predicted molar refractivity (Wildman–Crippen MR) is 171 cm³/mol. The molecule has 5 rings (SSSR count). The van der Waals surface area contributed by atoms with Gasteiger partial charge in [0.15, 0.2) is 0 Å². The van der Waals surface area contributed by atoms with Gasteiger partial charge in [0.2, 0.25) is 0 Å². The highest BCUT2D eigenvalue weighted by molar-refractivity contribution is 5.88. The molecule has 41 heavy (non-hydrogen) atoms. The quantitative estimate of drug-likeness (QED) is 0.121. The van der Waals surface area contributed by atoms with Crippen molar-refractivity contribution in [2.45, 2.75) is 52.5 Å². The minimum absolute atomic E-state index is 0.432. The van der Waals surface area contributed by atoms with E-state index in [9.17, 15) is 0 Å². The van der Waals surface area contributed by atoms with Gasteiger partial charge in [-0.2, -0.15) is 0 Å². The predicted octanol–water partition coefficient (Wildman–Crippen LogP) is 7.83. The largest absolute Gasteiger partial charge is 0.492 e. The van der Waals surface area contributed by atoms with Crippen molar-refractivity contribution in [1.29, 1.82) is 0 Å². The summed E-state index contributed by atoms with van der Waals surface area (Å²) in [5.74, 6) is 0.899. The Morgan fingerprint density at radius 1 is 1.02 bits per heavy atom.